The second-order valence-electron chi connectivity index (χ2n) is 3.75. The smallest absolute Gasteiger partial charge is 0.107 e. The minimum absolute atomic E-state index is 0.592. The topological polar surface area (TPSA) is 35.8 Å². The number of rotatable bonds is 2. The Balaban J connectivity index is 1.99. The number of hydrogen-bond donors (Lipinski definition) is 1. The average molecular weight is 206 g/mol. The van der Waals surface area contributed by atoms with Crippen molar-refractivity contribution >= 4 is 16.3 Å². The van der Waals surface area contributed by atoms with Crippen LogP contribution in [0.25, 0.3) is 0 Å². The summed E-state index contributed by atoms with van der Waals surface area (Å²) in [5.74, 6) is 0. The molecule has 1 aromatic heterocycles. The molecule has 2 nitrogen and oxygen atoms in total. The summed E-state index contributed by atoms with van der Waals surface area (Å²) >= 11 is 1.63. The van der Waals surface area contributed by atoms with E-state index in [1.807, 2.05) is 11.4 Å². The van der Waals surface area contributed by atoms with Crippen LogP contribution < -0.4 is 5.32 Å². The maximum Gasteiger partial charge on any atom is 0.107 e. The van der Waals surface area contributed by atoms with Crippen molar-refractivity contribution in [2.75, 3.05) is 5.32 Å². The van der Waals surface area contributed by atoms with Crippen LogP contribution in [0.3, 0.4) is 0 Å². The van der Waals surface area contributed by atoms with Gasteiger partial charge in [0.15, 0.2) is 0 Å². The molecule has 0 unspecified atom stereocenters. The molecule has 1 heterocycles. The van der Waals surface area contributed by atoms with Crippen molar-refractivity contribution in [3.63, 3.8) is 0 Å². The van der Waals surface area contributed by atoms with Gasteiger partial charge in [-0.2, -0.15) is 5.26 Å². The molecular weight excluding hydrogens is 192 g/mol. The van der Waals surface area contributed by atoms with E-state index in [0.29, 0.717) is 6.04 Å². The number of nitrogens with zero attached hydrogens (tertiary/aromatic N) is 1. The number of hydrogen-bond acceptors (Lipinski definition) is 3. The molecule has 14 heavy (non-hydrogen) atoms. The van der Waals surface area contributed by atoms with Crippen molar-refractivity contribution in [1.29, 1.82) is 5.26 Å². The van der Waals surface area contributed by atoms with Crippen molar-refractivity contribution < 1.29 is 0 Å². The molecule has 1 aliphatic carbocycles. The zero-order valence-electron chi connectivity index (χ0n) is 8.12. The predicted molar refractivity (Wildman–Crippen MR) is 59.5 cm³/mol. The minimum atomic E-state index is 0.592. The molecule has 1 fully saturated rings. The van der Waals surface area contributed by atoms with Crippen LogP contribution in [0.2, 0.25) is 0 Å². The lowest BCUT2D eigenvalue weighted by molar-refractivity contribution is 0.463. The summed E-state index contributed by atoms with van der Waals surface area (Å²) in [4.78, 5) is 0. The van der Waals surface area contributed by atoms with E-state index >= 15 is 0 Å². The third kappa shape index (κ3) is 2.08. The summed E-state index contributed by atoms with van der Waals surface area (Å²) in [7, 11) is 0. The van der Waals surface area contributed by atoms with Crippen molar-refractivity contribution in [2.24, 2.45) is 0 Å². The molecule has 0 aromatic carbocycles. The van der Waals surface area contributed by atoms with Gasteiger partial charge in [0.05, 0.1) is 5.56 Å². The van der Waals surface area contributed by atoms with Crippen LogP contribution in [-0.2, 0) is 0 Å². The van der Waals surface area contributed by atoms with Gasteiger partial charge in [-0.1, -0.05) is 19.3 Å². The molecule has 0 radical (unpaired) electrons. The molecule has 0 spiro atoms. The van der Waals surface area contributed by atoms with E-state index in [1.54, 1.807) is 11.3 Å². The maximum absolute atomic E-state index is 8.85. The highest BCUT2D eigenvalue weighted by Gasteiger charge is 2.14. The highest BCUT2D eigenvalue weighted by atomic mass is 32.1. The maximum atomic E-state index is 8.85. The Morgan fingerprint density at radius 2 is 2.14 bits per heavy atom. The molecule has 0 atom stereocenters. The SMILES string of the molecule is N#Cc1ccsc1NC1CCCCC1. The van der Waals surface area contributed by atoms with Gasteiger partial charge >= 0.3 is 0 Å². The van der Waals surface area contributed by atoms with Crippen molar-refractivity contribution in [3.8, 4) is 6.07 Å². The van der Waals surface area contributed by atoms with Gasteiger partial charge in [-0.15, -0.1) is 11.3 Å². The Kier molecular flexibility index (Phi) is 3.05. The van der Waals surface area contributed by atoms with Crippen LogP contribution in [0.5, 0.6) is 0 Å². The summed E-state index contributed by atoms with van der Waals surface area (Å²) in [6.45, 7) is 0. The number of thiophene rings is 1. The highest BCUT2D eigenvalue weighted by molar-refractivity contribution is 7.14. The van der Waals surface area contributed by atoms with Gasteiger partial charge in [-0.25, -0.2) is 0 Å². The third-order valence-electron chi connectivity index (χ3n) is 2.73. The molecule has 74 valence electrons. The Morgan fingerprint density at radius 1 is 1.36 bits per heavy atom. The van der Waals surface area contributed by atoms with Crippen LogP contribution in [0.4, 0.5) is 5.00 Å². The van der Waals surface area contributed by atoms with Gasteiger partial charge in [0.2, 0.25) is 0 Å². The average Bonchev–Trinajstić information content (AvgIpc) is 2.67. The fraction of sp³-hybridized carbons (Fsp3) is 0.545. The first kappa shape index (κ1) is 9.54. The zero-order chi connectivity index (χ0) is 9.80. The second kappa shape index (κ2) is 4.47. The summed E-state index contributed by atoms with van der Waals surface area (Å²) in [6.07, 6.45) is 6.52. The number of nitriles is 1. The summed E-state index contributed by atoms with van der Waals surface area (Å²) < 4.78 is 0. The first-order chi connectivity index (χ1) is 6.90. The Hall–Kier alpha value is -1.01. The lowest BCUT2D eigenvalue weighted by Gasteiger charge is -2.23. The Bertz CT molecular complexity index is 331. The van der Waals surface area contributed by atoms with Crippen molar-refractivity contribution in [2.45, 2.75) is 38.1 Å². The molecule has 0 bridgehead atoms. The molecule has 1 N–H and O–H groups in total. The standard InChI is InChI=1S/C11H14N2S/c12-8-9-6-7-14-11(9)13-10-4-2-1-3-5-10/h6-7,10,13H,1-5H2. The fourth-order valence-corrected chi connectivity index (χ4v) is 2.76. The minimum Gasteiger partial charge on any atom is -0.373 e. The third-order valence-corrected chi connectivity index (χ3v) is 3.57. The van der Waals surface area contributed by atoms with Crippen LogP contribution in [0.15, 0.2) is 11.4 Å². The van der Waals surface area contributed by atoms with E-state index in [9.17, 15) is 0 Å². The molecule has 3 heteroatoms. The normalized spacial score (nSPS) is 17.6. The molecule has 0 amide bonds. The van der Waals surface area contributed by atoms with Gasteiger partial charge < -0.3 is 5.32 Å². The Morgan fingerprint density at radius 3 is 2.86 bits per heavy atom. The van der Waals surface area contributed by atoms with E-state index < -0.39 is 0 Å². The van der Waals surface area contributed by atoms with Crippen LogP contribution in [0.1, 0.15) is 37.7 Å². The quantitative estimate of drug-likeness (QED) is 0.805. The molecular formula is C11H14N2S. The zero-order valence-corrected chi connectivity index (χ0v) is 8.94. The van der Waals surface area contributed by atoms with Crippen molar-refractivity contribution in [3.05, 3.63) is 17.0 Å². The van der Waals surface area contributed by atoms with Crippen LogP contribution in [0, 0.1) is 11.3 Å². The summed E-state index contributed by atoms with van der Waals surface area (Å²) in [6, 6.07) is 4.69. The molecule has 0 saturated heterocycles. The predicted octanol–water partition coefficient (Wildman–Crippen LogP) is 3.36. The van der Waals surface area contributed by atoms with E-state index in [4.69, 9.17) is 5.26 Å². The number of anilines is 1. The summed E-state index contributed by atoms with van der Waals surface area (Å²) in [5, 5.41) is 15.4. The second-order valence-corrected chi connectivity index (χ2v) is 4.67. The summed E-state index contributed by atoms with van der Waals surface area (Å²) in [5.41, 5.74) is 0.792. The molecule has 1 aromatic rings. The van der Waals surface area contributed by atoms with Gasteiger partial charge in [-0.3, -0.25) is 0 Å². The first-order valence-corrected chi connectivity index (χ1v) is 6.02. The lowest BCUT2D eigenvalue weighted by atomic mass is 9.95. The van der Waals surface area contributed by atoms with Gasteiger partial charge in [0, 0.05) is 6.04 Å². The first-order valence-electron chi connectivity index (χ1n) is 5.14. The van der Waals surface area contributed by atoms with E-state index in [-0.39, 0.29) is 0 Å². The van der Waals surface area contributed by atoms with Gasteiger partial charge in [0.1, 0.15) is 11.1 Å². The van der Waals surface area contributed by atoms with Crippen LogP contribution >= 0.6 is 11.3 Å². The Labute approximate surface area is 88.6 Å². The largest absolute Gasteiger partial charge is 0.373 e. The molecule has 1 aliphatic rings. The highest BCUT2D eigenvalue weighted by Crippen LogP contribution is 2.27. The van der Waals surface area contributed by atoms with Gasteiger partial charge in [-0.05, 0) is 24.3 Å². The monoisotopic (exact) mass is 206 g/mol. The van der Waals surface area contributed by atoms with Gasteiger partial charge in [0.25, 0.3) is 0 Å². The van der Waals surface area contributed by atoms with E-state index in [0.717, 1.165) is 10.6 Å². The van der Waals surface area contributed by atoms with E-state index in [1.165, 1.54) is 32.1 Å². The molecule has 2 rings (SSSR count). The van der Waals surface area contributed by atoms with Crippen LogP contribution in [-0.4, -0.2) is 6.04 Å². The lowest BCUT2D eigenvalue weighted by Crippen LogP contribution is -2.21. The van der Waals surface area contributed by atoms with E-state index in [2.05, 4.69) is 11.4 Å². The molecule has 1 saturated carbocycles. The van der Waals surface area contributed by atoms with Crippen molar-refractivity contribution in [1.82, 2.24) is 0 Å². The molecule has 0 aliphatic heterocycles. The fourth-order valence-electron chi connectivity index (χ4n) is 1.94. The number of nitrogens with one attached hydrogen (secondary N) is 1.